The fourth-order valence-electron chi connectivity index (χ4n) is 2.93. The van der Waals surface area contributed by atoms with Crippen molar-refractivity contribution in [2.24, 2.45) is 11.3 Å². The number of hydrogen-bond donors (Lipinski definition) is 1. The molecule has 1 aliphatic carbocycles. The third-order valence-electron chi connectivity index (χ3n) is 3.42. The van der Waals surface area contributed by atoms with Crippen LogP contribution in [0.5, 0.6) is 0 Å². The van der Waals surface area contributed by atoms with Crippen molar-refractivity contribution in [3.8, 4) is 0 Å². The standard InChI is InChI=1S/C13H23Cl2N/c1-11(2)7-13(5-3-4-6-13)10-16-9-12(15)8-14/h8,11,16H,3-7,9-10H2,1-2H3. The Hall–Kier alpha value is 0.280. The minimum Gasteiger partial charge on any atom is -0.311 e. The molecule has 1 fully saturated rings. The van der Waals surface area contributed by atoms with Gasteiger partial charge in [0.15, 0.2) is 0 Å². The summed E-state index contributed by atoms with van der Waals surface area (Å²) < 4.78 is 0. The molecule has 0 radical (unpaired) electrons. The molecule has 0 aromatic heterocycles. The zero-order valence-corrected chi connectivity index (χ0v) is 11.9. The summed E-state index contributed by atoms with van der Waals surface area (Å²) in [5.41, 5.74) is 1.95. The second-order valence-corrected chi connectivity index (χ2v) is 6.17. The van der Waals surface area contributed by atoms with Crippen molar-refractivity contribution < 1.29 is 0 Å². The van der Waals surface area contributed by atoms with Gasteiger partial charge in [-0.1, -0.05) is 49.9 Å². The molecule has 94 valence electrons. The van der Waals surface area contributed by atoms with Gasteiger partial charge in [0.25, 0.3) is 0 Å². The molecular formula is C13H23Cl2N. The van der Waals surface area contributed by atoms with Crippen LogP contribution in [0, 0.1) is 11.3 Å². The number of halogens is 2. The van der Waals surface area contributed by atoms with Crippen LogP contribution >= 0.6 is 23.2 Å². The van der Waals surface area contributed by atoms with E-state index in [-0.39, 0.29) is 0 Å². The summed E-state index contributed by atoms with van der Waals surface area (Å²) in [6, 6.07) is 0. The van der Waals surface area contributed by atoms with E-state index in [0.29, 0.717) is 17.0 Å². The lowest BCUT2D eigenvalue weighted by atomic mass is 9.78. The second kappa shape index (κ2) is 6.88. The average molecular weight is 264 g/mol. The van der Waals surface area contributed by atoms with Gasteiger partial charge < -0.3 is 5.32 Å². The summed E-state index contributed by atoms with van der Waals surface area (Å²) in [7, 11) is 0. The summed E-state index contributed by atoms with van der Waals surface area (Å²) >= 11 is 11.4. The first kappa shape index (κ1) is 14.3. The van der Waals surface area contributed by atoms with E-state index >= 15 is 0 Å². The lowest BCUT2D eigenvalue weighted by Gasteiger charge is -2.31. The van der Waals surface area contributed by atoms with Gasteiger partial charge in [-0.2, -0.15) is 0 Å². The smallest absolute Gasteiger partial charge is 0.0431 e. The van der Waals surface area contributed by atoms with E-state index in [0.717, 1.165) is 12.5 Å². The molecule has 0 aromatic rings. The maximum atomic E-state index is 5.87. The lowest BCUT2D eigenvalue weighted by molar-refractivity contribution is 0.227. The highest BCUT2D eigenvalue weighted by Gasteiger charge is 2.33. The largest absolute Gasteiger partial charge is 0.311 e. The van der Waals surface area contributed by atoms with Gasteiger partial charge >= 0.3 is 0 Å². The number of rotatable bonds is 6. The third-order valence-corrected chi connectivity index (χ3v) is 4.04. The monoisotopic (exact) mass is 263 g/mol. The Labute approximate surface area is 110 Å². The molecule has 1 saturated carbocycles. The molecule has 1 aliphatic rings. The molecule has 1 N–H and O–H groups in total. The van der Waals surface area contributed by atoms with Gasteiger partial charge in [-0.25, -0.2) is 0 Å². The Bertz CT molecular complexity index is 230. The molecule has 0 atom stereocenters. The molecule has 1 nitrogen and oxygen atoms in total. The summed E-state index contributed by atoms with van der Waals surface area (Å²) in [6.07, 6.45) is 6.81. The summed E-state index contributed by atoms with van der Waals surface area (Å²) in [6.45, 7) is 6.40. The molecule has 0 saturated heterocycles. The maximum absolute atomic E-state index is 5.87. The van der Waals surface area contributed by atoms with E-state index in [1.807, 2.05) is 0 Å². The fourth-order valence-corrected chi connectivity index (χ4v) is 3.10. The van der Waals surface area contributed by atoms with Crippen molar-refractivity contribution in [1.29, 1.82) is 0 Å². The van der Waals surface area contributed by atoms with E-state index < -0.39 is 0 Å². The van der Waals surface area contributed by atoms with Crippen molar-refractivity contribution in [1.82, 2.24) is 5.32 Å². The van der Waals surface area contributed by atoms with Crippen LogP contribution in [-0.4, -0.2) is 13.1 Å². The second-order valence-electron chi connectivity index (χ2n) is 5.46. The molecule has 0 aliphatic heterocycles. The predicted molar refractivity (Wildman–Crippen MR) is 73.0 cm³/mol. The summed E-state index contributed by atoms with van der Waals surface area (Å²) in [5, 5.41) is 4.13. The molecule has 0 aromatic carbocycles. The van der Waals surface area contributed by atoms with Gasteiger partial charge in [-0.05, 0) is 30.6 Å². The minimum atomic E-state index is 0.512. The van der Waals surface area contributed by atoms with E-state index in [1.165, 1.54) is 37.6 Å². The van der Waals surface area contributed by atoms with E-state index in [9.17, 15) is 0 Å². The van der Waals surface area contributed by atoms with E-state index in [2.05, 4.69) is 19.2 Å². The van der Waals surface area contributed by atoms with Crippen LogP contribution in [0.15, 0.2) is 10.6 Å². The van der Waals surface area contributed by atoms with Gasteiger partial charge in [0, 0.05) is 23.7 Å². The highest BCUT2D eigenvalue weighted by atomic mass is 35.5. The Morgan fingerprint density at radius 3 is 2.50 bits per heavy atom. The lowest BCUT2D eigenvalue weighted by Crippen LogP contribution is -2.34. The maximum Gasteiger partial charge on any atom is 0.0431 e. The first-order valence-corrected chi connectivity index (χ1v) is 7.05. The van der Waals surface area contributed by atoms with Crippen LogP contribution in [0.3, 0.4) is 0 Å². The molecular weight excluding hydrogens is 241 g/mol. The molecule has 0 unspecified atom stereocenters. The Morgan fingerprint density at radius 1 is 1.38 bits per heavy atom. The van der Waals surface area contributed by atoms with Crippen LogP contribution in [0.4, 0.5) is 0 Å². The molecule has 0 spiro atoms. The van der Waals surface area contributed by atoms with Crippen LogP contribution in [-0.2, 0) is 0 Å². The quantitative estimate of drug-likeness (QED) is 0.744. The highest BCUT2D eigenvalue weighted by Crippen LogP contribution is 2.42. The van der Waals surface area contributed by atoms with Crippen molar-refractivity contribution in [2.45, 2.75) is 46.0 Å². The van der Waals surface area contributed by atoms with Crippen molar-refractivity contribution in [3.63, 3.8) is 0 Å². The molecule has 0 heterocycles. The van der Waals surface area contributed by atoms with Crippen molar-refractivity contribution in [2.75, 3.05) is 13.1 Å². The fraction of sp³-hybridized carbons (Fsp3) is 0.846. The number of hydrogen-bond acceptors (Lipinski definition) is 1. The normalized spacial score (nSPS) is 20.7. The van der Waals surface area contributed by atoms with Gasteiger partial charge in [-0.3, -0.25) is 0 Å². The SMILES string of the molecule is CC(C)CC1(CNCC(Cl)=CCl)CCCC1. The van der Waals surface area contributed by atoms with Crippen LogP contribution in [0.1, 0.15) is 46.0 Å². The Balaban J connectivity index is 2.39. The third kappa shape index (κ3) is 4.65. The van der Waals surface area contributed by atoms with Gasteiger partial charge in [-0.15, -0.1) is 0 Å². The van der Waals surface area contributed by atoms with Crippen molar-refractivity contribution in [3.05, 3.63) is 10.6 Å². The topological polar surface area (TPSA) is 12.0 Å². The Kier molecular flexibility index (Phi) is 6.17. The van der Waals surface area contributed by atoms with Gasteiger partial charge in [0.05, 0.1) is 0 Å². The van der Waals surface area contributed by atoms with Crippen molar-refractivity contribution >= 4 is 23.2 Å². The highest BCUT2D eigenvalue weighted by molar-refractivity contribution is 6.36. The molecule has 16 heavy (non-hydrogen) atoms. The number of nitrogens with one attached hydrogen (secondary N) is 1. The van der Waals surface area contributed by atoms with Crippen LogP contribution in [0.2, 0.25) is 0 Å². The van der Waals surface area contributed by atoms with E-state index in [4.69, 9.17) is 23.2 Å². The Morgan fingerprint density at radius 2 is 2.00 bits per heavy atom. The van der Waals surface area contributed by atoms with Gasteiger partial charge in [0.1, 0.15) is 0 Å². The van der Waals surface area contributed by atoms with E-state index in [1.54, 1.807) is 0 Å². The van der Waals surface area contributed by atoms with Crippen LogP contribution < -0.4 is 5.32 Å². The first-order chi connectivity index (χ1) is 7.58. The zero-order chi connectivity index (χ0) is 12.0. The zero-order valence-electron chi connectivity index (χ0n) is 10.4. The molecule has 1 rings (SSSR count). The van der Waals surface area contributed by atoms with Crippen LogP contribution in [0.25, 0.3) is 0 Å². The first-order valence-electron chi connectivity index (χ1n) is 6.23. The minimum absolute atomic E-state index is 0.512. The average Bonchev–Trinajstić information content (AvgIpc) is 2.65. The summed E-state index contributed by atoms with van der Waals surface area (Å²) in [4.78, 5) is 0. The molecule has 0 amide bonds. The van der Waals surface area contributed by atoms with Gasteiger partial charge in [0.2, 0.25) is 0 Å². The summed E-state index contributed by atoms with van der Waals surface area (Å²) in [5.74, 6) is 0.777. The molecule has 3 heteroatoms. The predicted octanol–water partition coefficient (Wildman–Crippen LogP) is 4.50. The molecule has 0 bridgehead atoms.